The van der Waals surface area contributed by atoms with Crippen LogP contribution in [0.15, 0.2) is 0 Å². The van der Waals surface area contributed by atoms with E-state index < -0.39 is 10.8 Å². The van der Waals surface area contributed by atoms with Gasteiger partial charge in [0.05, 0.1) is 6.04 Å². The second-order valence-corrected chi connectivity index (χ2v) is 5.14. The molecule has 1 heterocycles. The van der Waals surface area contributed by atoms with Crippen molar-refractivity contribution in [1.82, 2.24) is 10.2 Å². The van der Waals surface area contributed by atoms with Gasteiger partial charge in [-0.1, -0.05) is 0 Å². The molecule has 0 radical (unpaired) electrons. The van der Waals surface area contributed by atoms with Gasteiger partial charge in [-0.2, -0.15) is 0 Å². The van der Waals surface area contributed by atoms with Crippen LogP contribution >= 0.6 is 0 Å². The van der Waals surface area contributed by atoms with Gasteiger partial charge in [0, 0.05) is 35.9 Å². The van der Waals surface area contributed by atoms with Crippen molar-refractivity contribution in [2.75, 3.05) is 32.1 Å². The second-order valence-electron chi connectivity index (χ2n) is 3.59. The van der Waals surface area contributed by atoms with Crippen molar-refractivity contribution in [3.63, 3.8) is 0 Å². The zero-order valence-electron chi connectivity index (χ0n) is 8.78. The van der Waals surface area contributed by atoms with E-state index in [0.29, 0.717) is 5.75 Å². The first-order valence-electron chi connectivity index (χ1n) is 4.91. The van der Waals surface area contributed by atoms with Gasteiger partial charge in [0.2, 0.25) is 5.91 Å². The molecule has 0 saturated carbocycles. The molecule has 1 rings (SSSR count). The summed E-state index contributed by atoms with van der Waals surface area (Å²) in [6, 6.07) is 0.00197. The molecule has 4 nitrogen and oxygen atoms in total. The summed E-state index contributed by atoms with van der Waals surface area (Å²) in [7, 11) is 1.07. The molecule has 2 atom stereocenters. The molecule has 1 aliphatic heterocycles. The first kappa shape index (κ1) is 11.7. The van der Waals surface area contributed by atoms with Crippen LogP contribution < -0.4 is 5.32 Å². The Labute approximate surface area is 87.5 Å². The SMILES string of the molecule is CNC1CCN(CCCS(C)=O)C1=O. The molecular formula is C9H18N2O2S. The number of rotatable bonds is 5. The fraction of sp³-hybridized carbons (Fsp3) is 0.889. The Morgan fingerprint density at radius 1 is 1.64 bits per heavy atom. The minimum atomic E-state index is -0.741. The predicted octanol–water partition coefficient (Wildman–Crippen LogP) is -0.425. The molecule has 0 aliphatic carbocycles. The summed E-state index contributed by atoms with van der Waals surface area (Å²) in [6.45, 7) is 1.58. The van der Waals surface area contributed by atoms with E-state index in [2.05, 4.69) is 5.32 Å². The molecule has 1 N–H and O–H groups in total. The Bertz CT molecular complexity index is 233. The highest BCUT2D eigenvalue weighted by Crippen LogP contribution is 2.10. The van der Waals surface area contributed by atoms with Gasteiger partial charge in [-0.15, -0.1) is 0 Å². The van der Waals surface area contributed by atoms with Gasteiger partial charge in [-0.25, -0.2) is 0 Å². The smallest absolute Gasteiger partial charge is 0.239 e. The monoisotopic (exact) mass is 218 g/mol. The van der Waals surface area contributed by atoms with Crippen LogP contribution in [0.25, 0.3) is 0 Å². The largest absolute Gasteiger partial charge is 0.341 e. The van der Waals surface area contributed by atoms with E-state index in [1.165, 1.54) is 0 Å². The highest BCUT2D eigenvalue weighted by molar-refractivity contribution is 7.84. The number of carbonyl (C=O) groups excluding carboxylic acids is 1. The summed E-state index contributed by atoms with van der Waals surface area (Å²) in [6.07, 6.45) is 3.43. The third kappa shape index (κ3) is 3.06. The topological polar surface area (TPSA) is 49.4 Å². The van der Waals surface area contributed by atoms with Gasteiger partial charge in [0.15, 0.2) is 0 Å². The van der Waals surface area contributed by atoms with E-state index >= 15 is 0 Å². The van der Waals surface area contributed by atoms with Crippen molar-refractivity contribution in [1.29, 1.82) is 0 Å². The van der Waals surface area contributed by atoms with E-state index in [0.717, 1.165) is 25.9 Å². The van der Waals surface area contributed by atoms with E-state index in [1.54, 1.807) is 6.26 Å². The fourth-order valence-corrected chi connectivity index (χ4v) is 2.22. The summed E-state index contributed by atoms with van der Waals surface area (Å²) >= 11 is 0. The molecule has 5 heteroatoms. The predicted molar refractivity (Wildman–Crippen MR) is 57.6 cm³/mol. The van der Waals surface area contributed by atoms with E-state index in [-0.39, 0.29) is 11.9 Å². The number of hydrogen-bond donors (Lipinski definition) is 1. The molecule has 0 aromatic carbocycles. The average molecular weight is 218 g/mol. The Balaban J connectivity index is 2.26. The van der Waals surface area contributed by atoms with Gasteiger partial charge in [0.1, 0.15) is 0 Å². The lowest BCUT2D eigenvalue weighted by molar-refractivity contribution is -0.129. The highest BCUT2D eigenvalue weighted by atomic mass is 32.2. The normalized spacial score (nSPS) is 24.3. The molecule has 0 aromatic rings. The molecule has 1 amide bonds. The summed E-state index contributed by atoms with van der Waals surface area (Å²) in [5.41, 5.74) is 0. The molecular weight excluding hydrogens is 200 g/mol. The number of nitrogens with one attached hydrogen (secondary N) is 1. The van der Waals surface area contributed by atoms with Crippen molar-refractivity contribution in [3.8, 4) is 0 Å². The zero-order chi connectivity index (χ0) is 10.6. The Kier molecular flexibility index (Phi) is 4.54. The lowest BCUT2D eigenvalue weighted by Gasteiger charge is -2.15. The van der Waals surface area contributed by atoms with Crippen LogP contribution in [0.4, 0.5) is 0 Å². The van der Waals surface area contributed by atoms with Gasteiger partial charge < -0.3 is 10.2 Å². The maximum absolute atomic E-state index is 11.6. The molecule has 1 fully saturated rings. The van der Waals surface area contributed by atoms with Crippen LogP contribution in [-0.4, -0.2) is 53.2 Å². The van der Waals surface area contributed by atoms with Crippen molar-refractivity contribution < 1.29 is 9.00 Å². The third-order valence-electron chi connectivity index (χ3n) is 2.51. The van der Waals surface area contributed by atoms with Crippen LogP contribution in [0.3, 0.4) is 0 Å². The first-order chi connectivity index (χ1) is 6.65. The van der Waals surface area contributed by atoms with Crippen LogP contribution in [0.2, 0.25) is 0 Å². The number of likely N-dealkylation sites (tertiary alicyclic amines) is 1. The lowest BCUT2D eigenvalue weighted by Crippen LogP contribution is -2.36. The maximum Gasteiger partial charge on any atom is 0.239 e. The van der Waals surface area contributed by atoms with E-state index in [1.807, 2.05) is 11.9 Å². The lowest BCUT2D eigenvalue weighted by atomic mass is 10.3. The number of likely N-dealkylation sites (N-methyl/N-ethyl adjacent to an activating group) is 1. The first-order valence-corrected chi connectivity index (χ1v) is 6.64. The molecule has 2 unspecified atom stereocenters. The van der Waals surface area contributed by atoms with E-state index in [9.17, 15) is 9.00 Å². The summed E-state index contributed by atoms with van der Waals surface area (Å²) in [5.74, 6) is 0.878. The molecule has 1 saturated heterocycles. The van der Waals surface area contributed by atoms with E-state index in [4.69, 9.17) is 0 Å². The van der Waals surface area contributed by atoms with Crippen LogP contribution in [0.5, 0.6) is 0 Å². The molecule has 82 valence electrons. The maximum atomic E-state index is 11.6. The standard InChI is InChI=1S/C9H18N2O2S/c1-10-8-4-6-11(9(8)12)5-3-7-14(2)13/h8,10H,3-7H2,1-2H3. The molecule has 0 aromatic heterocycles. The van der Waals surface area contributed by atoms with Gasteiger partial charge >= 0.3 is 0 Å². The van der Waals surface area contributed by atoms with Crippen LogP contribution in [0, 0.1) is 0 Å². The van der Waals surface area contributed by atoms with Gasteiger partial charge in [-0.3, -0.25) is 9.00 Å². The summed E-state index contributed by atoms with van der Waals surface area (Å²) in [5, 5.41) is 2.99. The zero-order valence-corrected chi connectivity index (χ0v) is 9.60. The van der Waals surface area contributed by atoms with Crippen molar-refractivity contribution in [3.05, 3.63) is 0 Å². The van der Waals surface area contributed by atoms with Gasteiger partial charge in [0.25, 0.3) is 0 Å². The average Bonchev–Trinajstić information content (AvgIpc) is 2.47. The number of carbonyl (C=O) groups is 1. The Morgan fingerprint density at radius 3 is 2.86 bits per heavy atom. The molecule has 0 bridgehead atoms. The van der Waals surface area contributed by atoms with Crippen LogP contribution in [-0.2, 0) is 15.6 Å². The number of nitrogens with zero attached hydrogens (tertiary/aromatic N) is 1. The Morgan fingerprint density at radius 2 is 2.36 bits per heavy atom. The fourth-order valence-electron chi connectivity index (χ4n) is 1.69. The second kappa shape index (κ2) is 5.46. The summed E-state index contributed by atoms with van der Waals surface area (Å²) < 4.78 is 10.8. The third-order valence-corrected chi connectivity index (χ3v) is 3.37. The van der Waals surface area contributed by atoms with Crippen molar-refractivity contribution in [2.24, 2.45) is 0 Å². The minimum Gasteiger partial charge on any atom is -0.341 e. The van der Waals surface area contributed by atoms with Gasteiger partial charge in [-0.05, 0) is 19.9 Å². The van der Waals surface area contributed by atoms with Crippen LogP contribution in [0.1, 0.15) is 12.8 Å². The number of hydrogen-bond acceptors (Lipinski definition) is 3. The minimum absolute atomic E-state index is 0.00197. The van der Waals surface area contributed by atoms with Crippen molar-refractivity contribution in [2.45, 2.75) is 18.9 Å². The highest BCUT2D eigenvalue weighted by Gasteiger charge is 2.29. The molecule has 14 heavy (non-hydrogen) atoms. The Hall–Kier alpha value is -0.420. The number of amides is 1. The summed E-state index contributed by atoms with van der Waals surface area (Å²) in [4.78, 5) is 13.5. The quantitative estimate of drug-likeness (QED) is 0.681. The molecule has 1 aliphatic rings. The van der Waals surface area contributed by atoms with Crippen molar-refractivity contribution >= 4 is 16.7 Å². The molecule has 0 spiro atoms.